The lowest BCUT2D eigenvalue weighted by molar-refractivity contribution is 0.546. The lowest BCUT2D eigenvalue weighted by atomic mass is 9.98. The average molecular weight is 667 g/mol. The van der Waals surface area contributed by atoms with E-state index in [4.69, 9.17) is 14.4 Å². The molecule has 6 aromatic carbocycles. The van der Waals surface area contributed by atoms with E-state index in [1.54, 1.807) is 0 Å². The third-order valence-corrected chi connectivity index (χ3v) is 10.1. The Morgan fingerprint density at radius 3 is 1.77 bits per heavy atom. The molecular formula is C47H30N4O. The van der Waals surface area contributed by atoms with Gasteiger partial charge in [0.15, 0.2) is 5.82 Å². The number of hydrogen-bond donors (Lipinski definition) is 0. The summed E-state index contributed by atoms with van der Waals surface area (Å²) >= 11 is 0. The highest BCUT2D eigenvalue weighted by Crippen LogP contribution is 2.40. The molecule has 0 saturated carbocycles. The van der Waals surface area contributed by atoms with E-state index in [1.165, 1.54) is 5.56 Å². The molecule has 0 bridgehead atoms. The summed E-state index contributed by atoms with van der Waals surface area (Å²) in [4.78, 5) is 10.2. The second-order valence-corrected chi connectivity index (χ2v) is 13.2. The molecule has 52 heavy (non-hydrogen) atoms. The Morgan fingerprint density at radius 2 is 1.13 bits per heavy atom. The maximum Gasteiger partial charge on any atom is 0.160 e. The molecule has 0 aliphatic heterocycles. The highest BCUT2D eigenvalue weighted by molar-refractivity contribution is 6.11. The van der Waals surface area contributed by atoms with Gasteiger partial charge in [0, 0.05) is 50.5 Å². The number of aromatic nitrogens is 3. The SMILES string of the molecule is N#Cc1c(-c2ccccc2)nc(-c2ccc3c(c2)c2cc(-c4ccc5oc6c(c5c4)C=CCC6)ccc2n3-c2ccccc2)nc1-c1ccccc1. The molecule has 0 radical (unpaired) electrons. The predicted molar refractivity (Wildman–Crippen MR) is 210 cm³/mol. The summed E-state index contributed by atoms with van der Waals surface area (Å²) in [6.45, 7) is 0. The minimum atomic E-state index is 0.457. The van der Waals surface area contributed by atoms with Gasteiger partial charge in [-0.3, -0.25) is 0 Å². The fraction of sp³-hybridized carbons (Fsp3) is 0.0426. The van der Waals surface area contributed by atoms with E-state index >= 15 is 0 Å². The van der Waals surface area contributed by atoms with Crippen LogP contribution in [0.1, 0.15) is 23.3 Å². The van der Waals surface area contributed by atoms with Crippen molar-refractivity contribution in [3.63, 3.8) is 0 Å². The van der Waals surface area contributed by atoms with Crippen LogP contribution in [-0.4, -0.2) is 14.5 Å². The maximum atomic E-state index is 10.4. The third-order valence-electron chi connectivity index (χ3n) is 10.1. The molecule has 1 aliphatic rings. The van der Waals surface area contributed by atoms with E-state index in [1.807, 2.05) is 66.7 Å². The number of fused-ring (bicyclic) bond motifs is 6. The van der Waals surface area contributed by atoms with Crippen molar-refractivity contribution in [3.8, 4) is 56.8 Å². The molecule has 0 fully saturated rings. The van der Waals surface area contributed by atoms with Gasteiger partial charge in [-0.1, -0.05) is 103 Å². The normalized spacial score (nSPS) is 12.4. The Kier molecular flexibility index (Phi) is 6.94. The van der Waals surface area contributed by atoms with Crippen molar-refractivity contribution in [2.75, 3.05) is 0 Å². The zero-order chi connectivity index (χ0) is 34.6. The van der Waals surface area contributed by atoms with Gasteiger partial charge in [0.2, 0.25) is 0 Å². The van der Waals surface area contributed by atoms with Gasteiger partial charge in [0.1, 0.15) is 23.0 Å². The minimum Gasteiger partial charge on any atom is -0.460 e. The summed E-state index contributed by atoms with van der Waals surface area (Å²) in [6, 6.07) is 52.4. The lowest BCUT2D eigenvalue weighted by Gasteiger charge is -2.12. The summed E-state index contributed by atoms with van der Waals surface area (Å²) in [5.74, 6) is 1.64. The zero-order valence-electron chi connectivity index (χ0n) is 28.1. The van der Waals surface area contributed by atoms with Crippen molar-refractivity contribution in [2.24, 2.45) is 0 Å². The number of aryl methyl sites for hydroxylation is 1. The van der Waals surface area contributed by atoms with E-state index in [2.05, 4.69) is 102 Å². The Morgan fingerprint density at radius 1 is 0.577 bits per heavy atom. The van der Waals surface area contributed by atoms with E-state index in [9.17, 15) is 5.26 Å². The maximum absolute atomic E-state index is 10.4. The fourth-order valence-electron chi connectivity index (χ4n) is 7.63. The van der Waals surface area contributed by atoms with Crippen LogP contribution in [0.25, 0.3) is 89.6 Å². The molecule has 10 rings (SSSR count). The standard InChI is InChI=1S/C47H30N4O/c48-29-40-45(30-12-4-1-5-13-30)49-47(50-46(40)31-14-6-2-7-15-31)34-21-24-42-38(28-34)37-26-32(20-23-41(37)51(42)35-16-8-3-9-17-35)33-22-25-44-39(27-33)36-18-10-11-19-43(36)52-44/h1-10,12-18,20-28H,11,19H2. The van der Waals surface area contributed by atoms with Crippen molar-refractivity contribution in [1.82, 2.24) is 14.5 Å². The van der Waals surface area contributed by atoms with E-state index < -0.39 is 0 Å². The summed E-state index contributed by atoms with van der Waals surface area (Å²) in [5, 5.41) is 13.8. The summed E-state index contributed by atoms with van der Waals surface area (Å²) < 4.78 is 8.54. The first-order valence-electron chi connectivity index (χ1n) is 17.5. The molecule has 0 spiro atoms. The Labute approximate surface area is 300 Å². The molecule has 1 aliphatic carbocycles. The van der Waals surface area contributed by atoms with Crippen molar-refractivity contribution >= 4 is 38.9 Å². The van der Waals surface area contributed by atoms with Gasteiger partial charge in [-0.2, -0.15) is 5.26 Å². The molecule has 0 N–H and O–H groups in total. The summed E-state index contributed by atoms with van der Waals surface area (Å²) in [5.41, 5.74) is 12.0. The molecule has 244 valence electrons. The highest BCUT2D eigenvalue weighted by atomic mass is 16.3. The van der Waals surface area contributed by atoms with Crippen LogP contribution >= 0.6 is 0 Å². The largest absolute Gasteiger partial charge is 0.460 e. The molecule has 3 heterocycles. The van der Waals surface area contributed by atoms with Gasteiger partial charge < -0.3 is 8.98 Å². The van der Waals surface area contributed by atoms with Crippen molar-refractivity contribution in [3.05, 3.63) is 169 Å². The Balaban J connectivity index is 1.20. The highest BCUT2D eigenvalue weighted by Gasteiger charge is 2.21. The van der Waals surface area contributed by atoms with E-state index in [-0.39, 0.29) is 0 Å². The molecular weight excluding hydrogens is 637 g/mol. The van der Waals surface area contributed by atoms with Gasteiger partial charge in [0.05, 0.1) is 22.4 Å². The smallest absolute Gasteiger partial charge is 0.160 e. The first kappa shape index (κ1) is 29.8. The van der Waals surface area contributed by atoms with Crippen LogP contribution < -0.4 is 0 Å². The lowest BCUT2D eigenvalue weighted by Crippen LogP contribution is -2.01. The van der Waals surface area contributed by atoms with Crippen LogP contribution in [0, 0.1) is 11.3 Å². The van der Waals surface area contributed by atoms with Crippen LogP contribution in [0.15, 0.2) is 156 Å². The third kappa shape index (κ3) is 4.85. The van der Waals surface area contributed by atoms with E-state index in [0.717, 1.165) is 84.9 Å². The van der Waals surface area contributed by atoms with Crippen LogP contribution in [0.5, 0.6) is 0 Å². The predicted octanol–water partition coefficient (Wildman–Crippen LogP) is 11.8. The van der Waals surface area contributed by atoms with Crippen LogP contribution in [-0.2, 0) is 6.42 Å². The van der Waals surface area contributed by atoms with Crippen LogP contribution in [0.3, 0.4) is 0 Å². The van der Waals surface area contributed by atoms with E-state index in [0.29, 0.717) is 22.8 Å². The number of nitriles is 1. The van der Waals surface area contributed by atoms with Crippen LogP contribution in [0.2, 0.25) is 0 Å². The topological polar surface area (TPSA) is 67.6 Å². The number of allylic oxidation sites excluding steroid dienone is 1. The Hall–Kier alpha value is -7.03. The number of hydrogen-bond acceptors (Lipinski definition) is 4. The summed E-state index contributed by atoms with van der Waals surface area (Å²) in [6.07, 6.45) is 6.38. The number of furan rings is 1. The minimum absolute atomic E-state index is 0.457. The number of rotatable bonds is 5. The molecule has 0 saturated heterocycles. The van der Waals surface area contributed by atoms with Crippen molar-refractivity contribution < 1.29 is 4.42 Å². The van der Waals surface area contributed by atoms with Crippen LogP contribution in [0.4, 0.5) is 0 Å². The summed E-state index contributed by atoms with van der Waals surface area (Å²) in [7, 11) is 0. The second kappa shape index (κ2) is 12.1. The van der Waals surface area contributed by atoms with Gasteiger partial charge in [-0.25, -0.2) is 9.97 Å². The van der Waals surface area contributed by atoms with Gasteiger partial charge in [-0.15, -0.1) is 0 Å². The molecule has 0 atom stereocenters. The molecule has 5 nitrogen and oxygen atoms in total. The molecule has 5 heteroatoms. The molecule has 0 amide bonds. The molecule has 0 unspecified atom stereocenters. The number of para-hydroxylation sites is 1. The number of nitrogens with zero attached hydrogens (tertiary/aromatic N) is 4. The van der Waals surface area contributed by atoms with Gasteiger partial charge in [-0.05, 0) is 72.1 Å². The second-order valence-electron chi connectivity index (χ2n) is 13.2. The zero-order valence-corrected chi connectivity index (χ0v) is 28.1. The molecule has 9 aromatic rings. The monoisotopic (exact) mass is 666 g/mol. The van der Waals surface area contributed by atoms with Gasteiger partial charge in [0.25, 0.3) is 0 Å². The fourth-order valence-corrected chi connectivity index (χ4v) is 7.63. The van der Waals surface area contributed by atoms with Gasteiger partial charge >= 0.3 is 0 Å². The first-order chi connectivity index (χ1) is 25.7. The average Bonchev–Trinajstić information content (AvgIpc) is 3.76. The van der Waals surface area contributed by atoms with Crippen molar-refractivity contribution in [1.29, 1.82) is 5.26 Å². The molecule has 3 aromatic heterocycles. The quantitative estimate of drug-likeness (QED) is 0.183. The number of benzene rings is 6. The first-order valence-corrected chi connectivity index (χ1v) is 17.5. The Bertz CT molecular complexity index is 2830. The van der Waals surface area contributed by atoms with Crippen molar-refractivity contribution in [2.45, 2.75) is 12.8 Å².